The van der Waals surface area contributed by atoms with Crippen LogP contribution < -0.4 is 4.90 Å². The van der Waals surface area contributed by atoms with E-state index in [1.807, 2.05) is 0 Å². The molecule has 0 N–H and O–H groups in total. The third-order valence-corrected chi connectivity index (χ3v) is 13.0. The van der Waals surface area contributed by atoms with Gasteiger partial charge in [0.1, 0.15) is 0 Å². The summed E-state index contributed by atoms with van der Waals surface area (Å²) in [6, 6.07) is 96.7. The number of para-hydroxylation sites is 2. The van der Waals surface area contributed by atoms with E-state index in [9.17, 15) is 0 Å². The molecule has 0 aliphatic heterocycles. The third-order valence-electron chi connectivity index (χ3n) is 13.0. The molecule has 1 heterocycles. The van der Waals surface area contributed by atoms with Gasteiger partial charge in [-0.1, -0.05) is 194 Å². The van der Waals surface area contributed by atoms with Crippen molar-refractivity contribution in [2.45, 2.75) is 0 Å². The zero-order valence-corrected chi connectivity index (χ0v) is 36.3. The maximum atomic E-state index is 2.37. The minimum Gasteiger partial charge on any atom is -0.311 e. The standard InChI is InChI=1S/C64H44N2/c1-3-11-45(12-4-1)49-29-36-58(37-30-49)65(59-38-31-50(32-39-59)47-19-23-52(24-20-47)55-28-27-46-13-7-8-14-54(46)43-55)60-40-33-51(34-41-60)48-21-25-53(26-22-48)56-35-42-64-62(44-56)61-17-9-10-18-63(61)66(64)57-15-5-2-6-16-57/h1-44H. The molecule has 11 aromatic carbocycles. The van der Waals surface area contributed by atoms with E-state index in [-0.39, 0.29) is 0 Å². The lowest BCUT2D eigenvalue weighted by Crippen LogP contribution is -2.09. The second kappa shape index (κ2) is 16.8. The Bertz CT molecular complexity index is 3630. The summed E-state index contributed by atoms with van der Waals surface area (Å²) in [5, 5.41) is 5.03. The number of nitrogens with zero attached hydrogens (tertiary/aromatic N) is 2. The van der Waals surface area contributed by atoms with Crippen molar-refractivity contribution in [1.29, 1.82) is 0 Å². The van der Waals surface area contributed by atoms with Crippen molar-refractivity contribution in [3.05, 3.63) is 267 Å². The summed E-state index contributed by atoms with van der Waals surface area (Å²) in [6.45, 7) is 0. The molecule has 0 radical (unpaired) electrons. The smallest absolute Gasteiger partial charge is 0.0541 e. The van der Waals surface area contributed by atoms with Crippen molar-refractivity contribution < 1.29 is 0 Å². The number of fused-ring (bicyclic) bond motifs is 4. The minimum atomic E-state index is 1.10. The molecule has 0 aliphatic carbocycles. The topological polar surface area (TPSA) is 8.17 Å². The van der Waals surface area contributed by atoms with Gasteiger partial charge in [0.15, 0.2) is 0 Å². The normalized spacial score (nSPS) is 11.3. The van der Waals surface area contributed by atoms with Gasteiger partial charge in [0, 0.05) is 33.5 Å². The molecule has 2 nitrogen and oxygen atoms in total. The van der Waals surface area contributed by atoms with E-state index in [0.29, 0.717) is 0 Å². The summed E-state index contributed by atoms with van der Waals surface area (Å²) < 4.78 is 2.37. The third kappa shape index (κ3) is 7.31. The van der Waals surface area contributed by atoms with Crippen LogP contribution in [0.3, 0.4) is 0 Å². The van der Waals surface area contributed by atoms with Gasteiger partial charge in [-0.2, -0.15) is 0 Å². The van der Waals surface area contributed by atoms with Crippen molar-refractivity contribution in [1.82, 2.24) is 4.57 Å². The zero-order chi connectivity index (χ0) is 43.8. The summed E-state index contributed by atoms with van der Waals surface area (Å²) in [7, 11) is 0. The molecule has 0 aliphatic rings. The fraction of sp³-hybridized carbons (Fsp3) is 0. The monoisotopic (exact) mass is 840 g/mol. The van der Waals surface area contributed by atoms with E-state index in [4.69, 9.17) is 0 Å². The average molecular weight is 841 g/mol. The highest BCUT2D eigenvalue weighted by atomic mass is 15.1. The Labute approximate surface area is 385 Å². The van der Waals surface area contributed by atoms with Crippen LogP contribution in [0.15, 0.2) is 267 Å². The molecular formula is C64H44N2. The SMILES string of the molecule is c1ccc(-c2ccc(N(c3ccc(-c4ccc(-c5ccc6ccccc6c5)cc4)cc3)c3ccc(-c4ccc(-c5ccc6c(c5)c5ccccc5n6-c5ccccc5)cc4)cc3)cc2)cc1. The number of hydrogen-bond acceptors (Lipinski definition) is 1. The first kappa shape index (κ1) is 38.9. The van der Waals surface area contributed by atoms with E-state index in [0.717, 1.165) is 17.1 Å². The van der Waals surface area contributed by atoms with E-state index in [2.05, 4.69) is 276 Å². The van der Waals surface area contributed by atoms with Gasteiger partial charge in [-0.05, 0) is 139 Å². The van der Waals surface area contributed by atoms with Gasteiger partial charge in [0.2, 0.25) is 0 Å². The second-order valence-corrected chi connectivity index (χ2v) is 17.0. The zero-order valence-electron chi connectivity index (χ0n) is 36.3. The van der Waals surface area contributed by atoms with E-state index in [1.165, 1.54) is 93.9 Å². The molecule has 12 aromatic rings. The lowest BCUT2D eigenvalue weighted by Gasteiger charge is -2.26. The largest absolute Gasteiger partial charge is 0.311 e. The van der Waals surface area contributed by atoms with Crippen LogP contribution in [-0.4, -0.2) is 4.57 Å². The highest BCUT2D eigenvalue weighted by molar-refractivity contribution is 6.10. The summed E-state index contributed by atoms with van der Waals surface area (Å²) in [6.07, 6.45) is 0. The van der Waals surface area contributed by atoms with Crippen molar-refractivity contribution in [3.8, 4) is 61.3 Å². The van der Waals surface area contributed by atoms with Crippen LogP contribution in [0.1, 0.15) is 0 Å². The maximum absolute atomic E-state index is 2.37. The van der Waals surface area contributed by atoms with Gasteiger partial charge in [-0.3, -0.25) is 0 Å². The van der Waals surface area contributed by atoms with Gasteiger partial charge >= 0.3 is 0 Å². The van der Waals surface area contributed by atoms with Crippen molar-refractivity contribution >= 4 is 49.6 Å². The van der Waals surface area contributed by atoms with Crippen molar-refractivity contribution in [2.75, 3.05) is 4.90 Å². The van der Waals surface area contributed by atoms with Crippen molar-refractivity contribution in [3.63, 3.8) is 0 Å². The summed E-state index contributed by atoms with van der Waals surface area (Å²) in [5.41, 5.74) is 18.9. The average Bonchev–Trinajstić information content (AvgIpc) is 3.73. The molecule has 0 bridgehead atoms. The molecule has 12 rings (SSSR count). The highest BCUT2D eigenvalue weighted by Crippen LogP contribution is 2.39. The Kier molecular flexibility index (Phi) is 9.89. The first-order chi connectivity index (χ1) is 32.7. The van der Waals surface area contributed by atoms with Gasteiger partial charge in [-0.15, -0.1) is 0 Å². The Hall–Kier alpha value is -8.72. The molecule has 0 spiro atoms. The molecule has 0 saturated heterocycles. The molecule has 2 heteroatoms. The number of benzene rings is 11. The first-order valence-corrected chi connectivity index (χ1v) is 22.7. The van der Waals surface area contributed by atoms with Gasteiger partial charge in [-0.25, -0.2) is 0 Å². The van der Waals surface area contributed by atoms with Crippen LogP contribution in [0.25, 0.3) is 93.9 Å². The minimum absolute atomic E-state index is 1.10. The van der Waals surface area contributed by atoms with Gasteiger partial charge in [0.25, 0.3) is 0 Å². The number of rotatable bonds is 9. The van der Waals surface area contributed by atoms with Crippen LogP contribution in [0.5, 0.6) is 0 Å². The van der Waals surface area contributed by atoms with Crippen LogP contribution in [0.4, 0.5) is 17.1 Å². The Balaban J connectivity index is 0.832. The quantitative estimate of drug-likeness (QED) is 0.141. The molecule has 310 valence electrons. The Morgan fingerprint density at radius 3 is 1.14 bits per heavy atom. The number of anilines is 3. The molecule has 0 amide bonds. The Morgan fingerprint density at radius 1 is 0.227 bits per heavy atom. The first-order valence-electron chi connectivity index (χ1n) is 22.7. The lowest BCUT2D eigenvalue weighted by atomic mass is 9.98. The lowest BCUT2D eigenvalue weighted by molar-refractivity contribution is 1.18. The molecule has 0 unspecified atom stereocenters. The maximum Gasteiger partial charge on any atom is 0.0541 e. The van der Waals surface area contributed by atoms with Crippen LogP contribution in [0, 0.1) is 0 Å². The van der Waals surface area contributed by atoms with Crippen LogP contribution in [-0.2, 0) is 0 Å². The summed E-state index contributed by atoms with van der Waals surface area (Å²) in [5.74, 6) is 0. The molecule has 0 saturated carbocycles. The van der Waals surface area contributed by atoms with Gasteiger partial charge in [0.05, 0.1) is 11.0 Å². The van der Waals surface area contributed by atoms with Crippen LogP contribution in [0.2, 0.25) is 0 Å². The molecule has 0 atom stereocenters. The summed E-state index contributed by atoms with van der Waals surface area (Å²) >= 11 is 0. The fourth-order valence-corrected chi connectivity index (χ4v) is 9.57. The van der Waals surface area contributed by atoms with Crippen LogP contribution >= 0.6 is 0 Å². The number of hydrogen-bond donors (Lipinski definition) is 0. The highest BCUT2D eigenvalue weighted by Gasteiger charge is 2.16. The molecule has 1 aromatic heterocycles. The second-order valence-electron chi connectivity index (χ2n) is 17.0. The molecule has 66 heavy (non-hydrogen) atoms. The molecular weight excluding hydrogens is 797 g/mol. The molecule has 0 fully saturated rings. The summed E-state index contributed by atoms with van der Waals surface area (Å²) in [4.78, 5) is 2.35. The fourth-order valence-electron chi connectivity index (χ4n) is 9.57. The van der Waals surface area contributed by atoms with E-state index >= 15 is 0 Å². The van der Waals surface area contributed by atoms with E-state index in [1.54, 1.807) is 0 Å². The van der Waals surface area contributed by atoms with E-state index < -0.39 is 0 Å². The predicted molar refractivity (Wildman–Crippen MR) is 280 cm³/mol. The number of aromatic nitrogens is 1. The Morgan fingerprint density at radius 2 is 0.591 bits per heavy atom. The predicted octanol–water partition coefficient (Wildman–Crippen LogP) is 17.7. The van der Waals surface area contributed by atoms with Gasteiger partial charge < -0.3 is 9.47 Å². The van der Waals surface area contributed by atoms with Crippen molar-refractivity contribution in [2.24, 2.45) is 0 Å².